The molecule has 1 rings (SSSR count). The van der Waals surface area contributed by atoms with Gasteiger partial charge in [0.1, 0.15) is 18.2 Å². The molecule has 11 heteroatoms. The van der Waals surface area contributed by atoms with Crippen molar-refractivity contribution in [3.8, 4) is 0 Å². The van der Waals surface area contributed by atoms with Gasteiger partial charge in [-0.05, 0) is 76.2 Å². The number of thiazole rings is 1. The van der Waals surface area contributed by atoms with Gasteiger partial charge in [0.25, 0.3) is 0 Å². The quantitative estimate of drug-likeness (QED) is 0.115. The average molecular weight is 655 g/mol. The monoisotopic (exact) mass is 653 g/mol. The zero-order valence-corrected chi connectivity index (χ0v) is 25.7. The van der Waals surface area contributed by atoms with Crippen LogP contribution in [0, 0.1) is 0 Å². The Kier molecular flexibility index (Phi) is 12.0. The van der Waals surface area contributed by atoms with E-state index in [0.29, 0.717) is 5.01 Å². The van der Waals surface area contributed by atoms with E-state index >= 15 is 0 Å². The molecule has 0 N–H and O–H groups in total. The van der Waals surface area contributed by atoms with E-state index in [1.165, 1.54) is 14.9 Å². The molecule has 0 saturated carbocycles. The van der Waals surface area contributed by atoms with E-state index in [1.54, 1.807) is 0 Å². The van der Waals surface area contributed by atoms with Gasteiger partial charge in [0.2, 0.25) is 3.79 Å². The Bertz CT molecular complexity index is 828. The Morgan fingerprint density at radius 2 is 1.88 bits per heavy atom. The molecule has 1 unspecified atom stereocenters. The summed E-state index contributed by atoms with van der Waals surface area (Å²) in [6, 6.07) is 0. The summed E-state index contributed by atoms with van der Waals surface area (Å²) in [5.74, 6) is 0. The van der Waals surface area contributed by atoms with Gasteiger partial charge < -0.3 is 13.9 Å². The molecular formula is C21H31Cl3INO4SSi. The van der Waals surface area contributed by atoms with Crippen molar-refractivity contribution in [1.29, 1.82) is 0 Å². The fourth-order valence-corrected chi connectivity index (χ4v) is 4.64. The molecule has 0 aliphatic carbocycles. The minimum absolute atomic E-state index is 0.0170. The van der Waals surface area contributed by atoms with Crippen LogP contribution in [0.3, 0.4) is 0 Å². The lowest BCUT2D eigenvalue weighted by Crippen LogP contribution is -2.44. The van der Waals surface area contributed by atoms with Gasteiger partial charge >= 0.3 is 6.16 Å². The van der Waals surface area contributed by atoms with Crippen LogP contribution < -0.4 is 0 Å². The summed E-state index contributed by atoms with van der Waals surface area (Å²) in [7, 11) is -1.95. The van der Waals surface area contributed by atoms with Crippen LogP contribution in [0.15, 0.2) is 20.6 Å². The van der Waals surface area contributed by atoms with Gasteiger partial charge in [-0.1, -0.05) is 61.7 Å². The first-order valence-electron chi connectivity index (χ1n) is 9.99. The molecule has 32 heavy (non-hydrogen) atoms. The largest absolute Gasteiger partial charge is 0.508 e. The highest BCUT2D eigenvalue weighted by molar-refractivity contribution is 14.1. The topological polar surface area (TPSA) is 57.7 Å². The Hall–Kier alpha value is 0.157. The van der Waals surface area contributed by atoms with E-state index in [4.69, 9.17) is 48.7 Å². The highest BCUT2D eigenvalue weighted by atomic mass is 127. The summed E-state index contributed by atoms with van der Waals surface area (Å²) in [4.78, 5) is 16.1. The molecule has 1 aromatic rings. The molecule has 1 aromatic heterocycles. The molecule has 0 aromatic carbocycles. The van der Waals surface area contributed by atoms with Gasteiger partial charge in [-0.2, -0.15) is 0 Å². The van der Waals surface area contributed by atoms with Gasteiger partial charge in [-0.3, -0.25) is 0 Å². The maximum absolute atomic E-state index is 11.6. The van der Waals surface area contributed by atoms with E-state index in [9.17, 15) is 4.79 Å². The molecule has 1 heterocycles. The van der Waals surface area contributed by atoms with Crippen LogP contribution in [0.2, 0.25) is 18.1 Å². The first-order chi connectivity index (χ1) is 14.5. The maximum Gasteiger partial charge on any atom is 0.508 e. The van der Waals surface area contributed by atoms with Crippen molar-refractivity contribution in [3.63, 3.8) is 0 Å². The second-order valence-corrected chi connectivity index (χ2v) is 18.8. The SMILES string of the molecule is C/C(I)=C/CC(O[Si](C)(C)C(C)(C)C)/C(C)=C/c1csc(COC(=O)OCC(Cl)(Cl)Cl)n1. The van der Waals surface area contributed by atoms with E-state index in [0.717, 1.165) is 17.7 Å². The molecule has 0 amide bonds. The number of rotatable bonds is 9. The predicted molar refractivity (Wildman–Crippen MR) is 147 cm³/mol. The third-order valence-corrected chi connectivity index (χ3v) is 11.1. The fraction of sp³-hybridized carbons (Fsp3) is 0.619. The molecule has 0 aliphatic heterocycles. The maximum atomic E-state index is 11.6. The van der Waals surface area contributed by atoms with Gasteiger partial charge in [-0.25, -0.2) is 9.78 Å². The Morgan fingerprint density at radius 1 is 1.25 bits per heavy atom. The Labute approximate surface area is 225 Å². The highest BCUT2D eigenvalue weighted by Gasteiger charge is 2.39. The molecule has 0 bridgehead atoms. The lowest BCUT2D eigenvalue weighted by molar-refractivity contribution is 0.0511. The van der Waals surface area contributed by atoms with E-state index in [-0.39, 0.29) is 24.4 Å². The zero-order valence-electron chi connectivity index (χ0n) is 19.4. The van der Waals surface area contributed by atoms with Crippen molar-refractivity contribution >= 4 is 89.3 Å². The number of hydrogen-bond acceptors (Lipinski definition) is 6. The number of aromatic nitrogens is 1. The second-order valence-electron chi connectivity index (χ2n) is 8.89. The summed E-state index contributed by atoms with van der Waals surface area (Å²) in [5, 5.41) is 2.67. The second kappa shape index (κ2) is 12.7. The molecule has 1 atom stereocenters. The van der Waals surface area contributed by atoms with Crippen LogP contribution in [0.5, 0.6) is 0 Å². The number of halogens is 4. The van der Waals surface area contributed by atoms with E-state index < -0.39 is 18.3 Å². The van der Waals surface area contributed by atoms with Gasteiger partial charge in [-0.15, -0.1) is 11.3 Å². The highest BCUT2D eigenvalue weighted by Crippen LogP contribution is 2.38. The summed E-state index contributed by atoms with van der Waals surface area (Å²) in [6.07, 6.45) is 4.08. The number of nitrogens with zero attached hydrogens (tertiary/aromatic N) is 1. The lowest BCUT2D eigenvalue weighted by atomic mass is 10.1. The minimum atomic E-state index is -1.95. The number of carbonyl (C=O) groups excluding carboxylic acids is 1. The lowest BCUT2D eigenvalue weighted by Gasteiger charge is -2.39. The summed E-state index contributed by atoms with van der Waals surface area (Å²) >= 11 is 20.3. The Balaban J connectivity index is 2.87. The Morgan fingerprint density at radius 3 is 2.41 bits per heavy atom. The molecule has 0 aliphatic rings. The van der Waals surface area contributed by atoms with Crippen molar-refractivity contribution in [2.24, 2.45) is 0 Å². The van der Waals surface area contributed by atoms with Gasteiger partial charge in [0.15, 0.2) is 8.32 Å². The summed E-state index contributed by atoms with van der Waals surface area (Å²) in [6.45, 7) is 15.0. The minimum Gasteiger partial charge on any atom is -0.430 e. The van der Waals surface area contributed by atoms with Crippen molar-refractivity contribution in [3.05, 3.63) is 31.3 Å². The molecule has 5 nitrogen and oxygen atoms in total. The van der Waals surface area contributed by atoms with Crippen molar-refractivity contribution < 1.29 is 18.7 Å². The van der Waals surface area contributed by atoms with Crippen LogP contribution >= 0.6 is 68.7 Å². The van der Waals surface area contributed by atoms with E-state index in [1.807, 2.05) is 11.5 Å². The smallest absolute Gasteiger partial charge is 0.430 e. The normalized spacial score (nSPS) is 15.0. The molecule has 0 spiro atoms. The molecule has 0 radical (unpaired) electrons. The van der Waals surface area contributed by atoms with Crippen LogP contribution in [-0.2, 0) is 20.5 Å². The van der Waals surface area contributed by atoms with Crippen LogP contribution in [0.4, 0.5) is 4.79 Å². The van der Waals surface area contributed by atoms with Crippen molar-refractivity contribution in [2.75, 3.05) is 6.61 Å². The molecular weight excluding hydrogens is 624 g/mol. The van der Waals surface area contributed by atoms with Crippen LogP contribution in [0.25, 0.3) is 6.08 Å². The third-order valence-electron chi connectivity index (χ3n) is 4.98. The van der Waals surface area contributed by atoms with Crippen molar-refractivity contribution in [1.82, 2.24) is 4.98 Å². The summed E-state index contributed by atoms with van der Waals surface area (Å²) in [5.41, 5.74) is 1.89. The first-order valence-corrected chi connectivity index (χ1v) is 16.0. The molecule has 0 fully saturated rings. The average Bonchev–Trinajstić information content (AvgIpc) is 3.07. The summed E-state index contributed by atoms with van der Waals surface area (Å²) < 4.78 is 16.0. The van der Waals surface area contributed by atoms with E-state index in [2.05, 4.69) is 81.4 Å². The van der Waals surface area contributed by atoms with Gasteiger partial charge in [0, 0.05) is 5.38 Å². The standard InChI is InChI=1S/C21H31Cl3INO4SSi/c1-14(17(9-8-15(2)25)30-32(6,7)20(3,4)5)10-16-12-31-18(26-16)11-28-19(27)29-13-21(22,23)24/h8,10,12,17H,9,11,13H2,1-7H3/b14-10+,15-8-. The fourth-order valence-electron chi connectivity index (χ4n) is 2.22. The van der Waals surface area contributed by atoms with Crippen molar-refractivity contribution in [2.45, 2.75) is 75.7 Å². The zero-order chi connectivity index (χ0) is 24.7. The first kappa shape index (κ1) is 30.2. The molecule has 0 saturated heterocycles. The number of allylic oxidation sites excluding steroid dienone is 1. The van der Waals surface area contributed by atoms with Crippen LogP contribution in [-0.4, -0.2) is 36.0 Å². The number of alkyl halides is 3. The van der Waals surface area contributed by atoms with Gasteiger partial charge in [0.05, 0.1) is 11.8 Å². The van der Waals surface area contributed by atoms with Crippen LogP contribution in [0.1, 0.15) is 51.7 Å². The number of hydrogen-bond donors (Lipinski definition) is 0. The molecule has 182 valence electrons. The number of ether oxygens (including phenoxy) is 2. The third kappa shape index (κ3) is 11.5. The number of carbonyl (C=O) groups is 1. The predicted octanol–water partition coefficient (Wildman–Crippen LogP) is 8.69.